The number of aliphatic hydroxyl groups is 1. The molecule has 1 aromatic rings. The van der Waals surface area contributed by atoms with Crippen LogP contribution in [-0.4, -0.2) is 18.3 Å². The number of hydrogen-bond donors (Lipinski definition) is 2. The largest absolute Gasteiger partial charge is 0.396 e. The molecule has 0 saturated carbocycles. The topological polar surface area (TPSA) is 32.3 Å². The predicted molar refractivity (Wildman–Crippen MR) is 69.7 cm³/mol. The maximum absolute atomic E-state index is 8.76. The fourth-order valence-corrected chi connectivity index (χ4v) is 4.08. The Bertz CT molecular complexity index is 367. The molecule has 1 aromatic heterocycles. The maximum Gasteiger partial charge on any atom is 0.0994 e. The Morgan fingerprint density at radius 2 is 2.19 bits per heavy atom. The van der Waals surface area contributed by atoms with Crippen LogP contribution < -0.4 is 5.32 Å². The maximum atomic E-state index is 8.76. The van der Waals surface area contributed by atoms with Crippen LogP contribution in [0.3, 0.4) is 0 Å². The van der Waals surface area contributed by atoms with E-state index in [1.165, 1.54) is 22.5 Å². The molecule has 1 atom stereocenters. The average Bonchev–Trinajstić information content (AvgIpc) is 2.56. The zero-order valence-corrected chi connectivity index (χ0v) is 11.3. The summed E-state index contributed by atoms with van der Waals surface area (Å²) in [5.74, 6) is 0. The average molecular weight is 280 g/mol. The molecular formula is C11H15Cl2NOS. The van der Waals surface area contributed by atoms with E-state index in [-0.39, 0.29) is 6.61 Å². The fourth-order valence-electron chi connectivity index (χ4n) is 2.19. The van der Waals surface area contributed by atoms with Gasteiger partial charge in [0.15, 0.2) is 0 Å². The summed E-state index contributed by atoms with van der Waals surface area (Å²) >= 11 is 13.8. The van der Waals surface area contributed by atoms with Crippen molar-refractivity contribution in [2.24, 2.45) is 0 Å². The van der Waals surface area contributed by atoms with E-state index in [2.05, 4.69) is 5.32 Å². The van der Waals surface area contributed by atoms with Gasteiger partial charge in [0.2, 0.25) is 0 Å². The van der Waals surface area contributed by atoms with Crippen molar-refractivity contribution < 1.29 is 5.11 Å². The first-order valence-electron chi connectivity index (χ1n) is 5.55. The van der Waals surface area contributed by atoms with E-state index in [1.54, 1.807) is 0 Å². The summed E-state index contributed by atoms with van der Waals surface area (Å²) in [6, 6.07) is 0.312. The normalized spacial score (nSPS) is 19.8. The lowest BCUT2D eigenvalue weighted by Crippen LogP contribution is -2.26. The minimum absolute atomic E-state index is 0.227. The molecule has 0 fully saturated rings. The highest BCUT2D eigenvalue weighted by molar-refractivity contribution is 7.20. The van der Waals surface area contributed by atoms with Gasteiger partial charge in [-0.1, -0.05) is 23.2 Å². The van der Waals surface area contributed by atoms with Gasteiger partial charge in [0.05, 0.1) is 8.67 Å². The summed E-state index contributed by atoms with van der Waals surface area (Å²) in [4.78, 5) is 0. The summed E-state index contributed by atoms with van der Waals surface area (Å²) in [5, 5.41) is 12.2. The third kappa shape index (κ3) is 2.54. The van der Waals surface area contributed by atoms with Crippen LogP contribution in [0.2, 0.25) is 8.67 Å². The molecule has 1 aliphatic rings. The van der Waals surface area contributed by atoms with Crippen LogP contribution in [0.5, 0.6) is 0 Å². The molecule has 0 amide bonds. The first-order chi connectivity index (χ1) is 7.74. The molecule has 1 aliphatic carbocycles. The monoisotopic (exact) mass is 279 g/mol. The summed E-state index contributed by atoms with van der Waals surface area (Å²) in [6.45, 7) is 1.05. The van der Waals surface area contributed by atoms with E-state index >= 15 is 0 Å². The van der Waals surface area contributed by atoms with Crippen LogP contribution in [0, 0.1) is 0 Å². The predicted octanol–water partition coefficient (Wildman–Crippen LogP) is 3.40. The second-order valence-corrected chi connectivity index (χ2v) is 6.24. The van der Waals surface area contributed by atoms with Crippen LogP contribution in [0.4, 0.5) is 0 Å². The molecule has 2 rings (SSSR count). The molecule has 0 aromatic carbocycles. The van der Waals surface area contributed by atoms with Crippen molar-refractivity contribution in [3.8, 4) is 0 Å². The Kier molecular flexibility index (Phi) is 4.50. The molecule has 1 unspecified atom stereocenters. The van der Waals surface area contributed by atoms with Gasteiger partial charge in [-0.05, 0) is 37.8 Å². The lowest BCUT2D eigenvalue weighted by molar-refractivity contribution is 0.281. The van der Waals surface area contributed by atoms with E-state index in [1.807, 2.05) is 0 Å². The second kappa shape index (κ2) is 5.69. The first-order valence-corrected chi connectivity index (χ1v) is 7.12. The van der Waals surface area contributed by atoms with E-state index < -0.39 is 0 Å². The Balaban J connectivity index is 2.13. The van der Waals surface area contributed by atoms with Crippen molar-refractivity contribution in [2.75, 3.05) is 13.2 Å². The second-order valence-electron chi connectivity index (χ2n) is 4.02. The van der Waals surface area contributed by atoms with Crippen LogP contribution in [0.25, 0.3) is 0 Å². The van der Waals surface area contributed by atoms with E-state index in [4.69, 9.17) is 28.3 Å². The number of nitrogens with one attached hydrogen (secondary N) is 1. The van der Waals surface area contributed by atoms with Crippen molar-refractivity contribution in [3.05, 3.63) is 19.8 Å². The molecule has 16 heavy (non-hydrogen) atoms. The van der Waals surface area contributed by atoms with Gasteiger partial charge in [0, 0.05) is 18.2 Å². The number of hydrogen-bond acceptors (Lipinski definition) is 3. The highest BCUT2D eigenvalue weighted by atomic mass is 35.5. The van der Waals surface area contributed by atoms with E-state index in [0.717, 1.165) is 40.9 Å². The number of fused-ring (bicyclic) bond motifs is 1. The number of rotatable bonds is 4. The molecule has 0 saturated heterocycles. The molecule has 2 nitrogen and oxygen atoms in total. The molecule has 0 radical (unpaired) electrons. The smallest absolute Gasteiger partial charge is 0.0994 e. The van der Waals surface area contributed by atoms with Crippen molar-refractivity contribution in [1.29, 1.82) is 0 Å². The Morgan fingerprint density at radius 1 is 1.38 bits per heavy atom. The van der Waals surface area contributed by atoms with Gasteiger partial charge in [-0.2, -0.15) is 0 Å². The van der Waals surface area contributed by atoms with Gasteiger partial charge in [-0.25, -0.2) is 0 Å². The number of aliphatic hydroxyl groups excluding tert-OH is 1. The summed E-state index contributed by atoms with van der Waals surface area (Å²) in [6.07, 6.45) is 4.07. The Hall–Kier alpha value is 0.200. The third-order valence-corrected chi connectivity index (χ3v) is 4.67. The minimum atomic E-state index is 0.227. The first kappa shape index (κ1) is 12.7. The van der Waals surface area contributed by atoms with Gasteiger partial charge >= 0.3 is 0 Å². The minimum Gasteiger partial charge on any atom is -0.396 e. The van der Waals surface area contributed by atoms with Gasteiger partial charge in [0.25, 0.3) is 0 Å². The molecule has 1 heterocycles. The van der Waals surface area contributed by atoms with Gasteiger partial charge < -0.3 is 10.4 Å². The molecular weight excluding hydrogens is 265 g/mol. The SMILES string of the molecule is OCCCNC1CCCc2c(Cl)sc(Cl)c21. The van der Waals surface area contributed by atoms with Crippen LogP contribution in [-0.2, 0) is 6.42 Å². The Labute approximate surface area is 110 Å². The van der Waals surface area contributed by atoms with Gasteiger partial charge in [-0.15, -0.1) is 11.3 Å². The third-order valence-electron chi connectivity index (χ3n) is 2.95. The molecule has 2 N–H and O–H groups in total. The van der Waals surface area contributed by atoms with Crippen molar-refractivity contribution in [3.63, 3.8) is 0 Å². The van der Waals surface area contributed by atoms with Crippen LogP contribution in [0.1, 0.15) is 36.4 Å². The standard InChI is InChI=1S/C11H15Cl2NOS/c12-10-7-3-1-4-8(14-5-2-6-15)9(7)11(13)16-10/h8,14-15H,1-6H2. The number of halogens is 2. The van der Waals surface area contributed by atoms with Crippen LogP contribution >= 0.6 is 34.5 Å². The molecule has 0 spiro atoms. The Morgan fingerprint density at radius 3 is 2.94 bits per heavy atom. The fraction of sp³-hybridized carbons (Fsp3) is 0.636. The molecule has 90 valence electrons. The van der Waals surface area contributed by atoms with Gasteiger partial charge in [0.1, 0.15) is 0 Å². The summed E-state index contributed by atoms with van der Waals surface area (Å²) in [5.41, 5.74) is 2.42. The lowest BCUT2D eigenvalue weighted by atomic mass is 9.91. The zero-order chi connectivity index (χ0) is 11.5. The molecule has 0 aliphatic heterocycles. The lowest BCUT2D eigenvalue weighted by Gasteiger charge is -2.24. The van der Waals surface area contributed by atoms with Crippen molar-refractivity contribution in [1.82, 2.24) is 5.32 Å². The number of thiophene rings is 1. The summed E-state index contributed by atoms with van der Waals surface area (Å²) in [7, 11) is 0. The van der Waals surface area contributed by atoms with Gasteiger partial charge in [-0.3, -0.25) is 0 Å². The summed E-state index contributed by atoms with van der Waals surface area (Å²) < 4.78 is 1.66. The van der Waals surface area contributed by atoms with Crippen LogP contribution in [0.15, 0.2) is 0 Å². The van der Waals surface area contributed by atoms with E-state index in [0.29, 0.717) is 6.04 Å². The van der Waals surface area contributed by atoms with Crippen molar-refractivity contribution in [2.45, 2.75) is 31.7 Å². The quantitative estimate of drug-likeness (QED) is 0.828. The highest BCUT2D eigenvalue weighted by Gasteiger charge is 2.26. The van der Waals surface area contributed by atoms with Crippen molar-refractivity contribution >= 4 is 34.5 Å². The molecule has 5 heteroatoms. The highest BCUT2D eigenvalue weighted by Crippen LogP contribution is 2.44. The zero-order valence-electron chi connectivity index (χ0n) is 8.93. The molecule has 0 bridgehead atoms. The van der Waals surface area contributed by atoms with E-state index in [9.17, 15) is 0 Å².